The molecular formula is C17H27N3O. The molecule has 1 aliphatic heterocycles. The predicted molar refractivity (Wildman–Crippen MR) is 87.6 cm³/mol. The molecule has 1 fully saturated rings. The number of piperidine rings is 1. The summed E-state index contributed by atoms with van der Waals surface area (Å²) in [6, 6.07) is 8.16. The fraction of sp³-hybridized carbons (Fsp3) is 0.588. The summed E-state index contributed by atoms with van der Waals surface area (Å²) in [4.78, 5) is 14.5. The van der Waals surface area contributed by atoms with E-state index >= 15 is 0 Å². The van der Waals surface area contributed by atoms with Crippen molar-refractivity contribution in [3.05, 3.63) is 29.8 Å². The van der Waals surface area contributed by atoms with Crippen LogP contribution in [0.25, 0.3) is 0 Å². The minimum Gasteiger partial charge on any atom is -0.322 e. The number of benzene rings is 1. The van der Waals surface area contributed by atoms with Gasteiger partial charge in [-0.2, -0.15) is 0 Å². The number of hydrogen-bond donors (Lipinski definition) is 2. The van der Waals surface area contributed by atoms with E-state index in [-0.39, 0.29) is 12.1 Å². The normalized spacial score (nSPS) is 16.0. The third kappa shape index (κ3) is 4.74. The molecule has 4 heteroatoms. The maximum Gasteiger partial charge on any atom is 0.322 e. The molecule has 0 unspecified atom stereocenters. The molecule has 4 nitrogen and oxygen atoms in total. The lowest BCUT2D eigenvalue weighted by molar-refractivity contribution is 0.175. The van der Waals surface area contributed by atoms with Crippen LogP contribution in [0.15, 0.2) is 24.3 Å². The predicted octanol–water partition coefficient (Wildman–Crippen LogP) is 3.24. The summed E-state index contributed by atoms with van der Waals surface area (Å²) < 4.78 is 0. The number of anilines is 1. The molecule has 0 spiro atoms. The summed E-state index contributed by atoms with van der Waals surface area (Å²) in [6.45, 7) is 9.18. The number of nitrogens with one attached hydrogen (secondary N) is 2. The monoisotopic (exact) mass is 289 g/mol. The minimum atomic E-state index is 0.00684. The topological polar surface area (TPSA) is 44.4 Å². The molecule has 116 valence electrons. The maximum atomic E-state index is 12.5. The second kappa shape index (κ2) is 7.46. The van der Waals surface area contributed by atoms with Crippen LogP contribution in [0, 0.1) is 12.8 Å². The van der Waals surface area contributed by atoms with Gasteiger partial charge in [0.25, 0.3) is 0 Å². The number of rotatable bonds is 4. The van der Waals surface area contributed by atoms with E-state index in [0.29, 0.717) is 5.92 Å². The molecule has 1 aromatic carbocycles. The molecule has 0 bridgehead atoms. The first-order valence-corrected chi connectivity index (χ1v) is 7.91. The van der Waals surface area contributed by atoms with Gasteiger partial charge in [-0.15, -0.1) is 0 Å². The molecule has 1 heterocycles. The number of aryl methyl sites for hydroxylation is 1. The van der Waals surface area contributed by atoms with Crippen molar-refractivity contribution in [2.45, 2.75) is 39.7 Å². The summed E-state index contributed by atoms with van der Waals surface area (Å²) in [5, 5.41) is 6.38. The standard InChI is InChI=1S/C17H27N3O/c1-13(2)20(12-15-8-10-18-11-9-15)17(21)19-16-6-4-14(3)5-7-16/h4-7,13,15,18H,8-12H2,1-3H3,(H,19,21). The van der Waals surface area contributed by atoms with Crippen molar-refractivity contribution in [2.75, 3.05) is 25.0 Å². The van der Waals surface area contributed by atoms with Crippen LogP contribution in [-0.4, -0.2) is 36.6 Å². The number of nitrogens with zero attached hydrogens (tertiary/aromatic N) is 1. The van der Waals surface area contributed by atoms with E-state index in [9.17, 15) is 4.79 Å². The molecule has 0 aliphatic carbocycles. The van der Waals surface area contributed by atoms with Crippen LogP contribution < -0.4 is 10.6 Å². The second-order valence-electron chi connectivity index (χ2n) is 6.24. The molecule has 0 radical (unpaired) electrons. The summed E-state index contributed by atoms with van der Waals surface area (Å²) >= 11 is 0. The fourth-order valence-electron chi connectivity index (χ4n) is 2.70. The van der Waals surface area contributed by atoms with E-state index in [0.717, 1.165) is 38.2 Å². The van der Waals surface area contributed by atoms with Crippen molar-refractivity contribution >= 4 is 11.7 Å². The van der Waals surface area contributed by atoms with Gasteiger partial charge in [-0.05, 0) is 64.8 Å². The first-order chi connectivity index (χ1) is 10.1. The van der Waals surface area contributed by atoms with Crippen LogP contribution in [-0.2, 0) is 0 Å². The summed E-state index contributed by atoms with van der Waals surface area (Å²) in [6.07, 6.45) is 2.31. The van der Waals surface area contributed by atoms with Crippen LogP contribution in [0.1, 0.15) is 32.3 Å². The van der Waals surface area contributed by atoms with Crippen LogP contribution in [0.2, 0.25) is 0 Å². The SMILES string of the molecule is Cc1ccc(NC(=O)N(CC2CCNCC2)C(C)C)cc1. The van der Waals surface area contributed by atoms with Crippen molar-refractivity contribution < 1.29 is 4.79 Å². The largest absolute Gasteiger partial charge is 0.322 e. The zero-order chi connectivity index (χ0) is 15.2. The van der Waals surface area contributed by atoms with Crippen molar-refractivity contribution in [2.24, 2.45) is 5.92 Å². The van der Waals surface area contributed by atoms with E-state index in [1.54, 1.807) is 0 Å². The van der Waals surface area contributed by atoms with Gasteiger partial charge in [0.1, 0.15) is 0 Å². The van der Waals surface area contributed by atoms with E-state index in [1.165, 1.54) is 5.56 Å². The summed E-state index contributed by atoms with van der Waals surface area (Å²) in [5.74, 6) is 0.609. The van der Waals surface area contributed by atoms with Crippen LogP contribution in [0.5, 0.6) is 0 Å². The smallest absolute Gasteiger partial charge is 0.322 e. The van der Waals surface area contributed by atoms with Crippen molar-refractivity contribution in [3.8, 4) is 0 Å². The Hall–Kier alpha value is -1.55. The Kier molecular flexibility index (Phi) is 5.62. The van der Waals surface area contributed by atoms with Gasteiger partial charge in [0, 0.05) is 18.3 Å². The van der Waals surface area contributed by atoms with Gasteiger partial charge < -0.3 is 15.5 Å². The van der Waals surface area contributed by atoms with Crippen LogP contribution in [0.4, 0.5) is 10.5 Å². The van der Waals surface area contributed by atoms with Gasteiger partial charge in [-0.25, -0.2) is 4.79 Å². The summed E-state index contributed by atoms with van der Waals surface area (Å²) in [5.41, 5.74) is 2.06. The second-order valence-corrected chi connectivity index (χ2v) is 6.24. The molecule has 0 saturated carbocycles. The third-order valence-corrected chi connectivity index (χ3v) is 4.10. The average molecular weight is 289 g/mol. The number of urea groups is 1. The molecule has 2 amide bonds. The first kappa shape index (κ1) is 15.8. The molecule has 1 aromatic rings. The Morgan fingerprint density at radius 3 is 2.48 bits per heavy atom. The van der Waals surface area contributed by atoms with Crippen molar-refractivity contribution in [1.29, 1.82) is 0 Å². The lowest BCUT2D eigenvalue weighted by atomic mass is 9.97. The fourth-order valence-corrected chi connectivity index (χ4v) is 2.70. The number of hydrogen-bond acceptors (Lipinski definition) is 2. The Balaban J connectivity index is 1.96. The molecule has 0 aromatic heterocycles. The van der Waals surface area contributed by atoms with Gasteiger partial charge in [0.2, 0.25) is 0 Å². The van der Waals surface area contributed by atoms with Gasteiger partial charge in [-0.3, -0.25) is 0 Å². The number of carbonyl (C=O) groups excluding carboxylic acids is 1. The lowest BCUT2D eigenvalue weighted by Gasteiger charge is -2.32. The number of amides is 2. The highest BCUT2D eigenvalue weighted by Crippen LogP contribution is 2.17. The minimum absolute atomic E-state index is 0.00684. The average Bonchev–Trinajstić information content (AvgIpc) is 2.48. The van der Waals surface area contributed by atoms with Gasteiger partial charge >= 0.3 is 6.03 Å². The van der Waals surface area contributed by atoms with E-state index in [4.69, 9.17) is 0 Å². The highest BCUT2D eigenvalue weighted by molar-refractivity contribution is 5.89. The van der Waals surface area contributed by atoms with Crippen molar-refractivity contribution in [1.82, 2.24) is 10.2 Å². The zero-order valence-electron chi connectivity index (χ0n) is 13.4. The first-order valence-electron chi connectivity index (χ1n) is 7.91. The van der Waals surface area contributed by atoms with E-state index in [2.05, 4.69) is 24.5 Å². The molecule has 2 rings (SSSR count). The highest BCUT2D eigenvalue weighted by atomic mass is 16.2. The van der Waals surface area contributed by atoms with Crippen LogP contribution in [0.3, 0.4) is 0 Å². The summed E-state index contributed by atoms with van der Waals surface area (Å²) in [7, 11) is 0. The van der Waals surface area contributed by atoms with Gasteiger partial charge in [0.05, 0.1) is 0 Å². The van der Waals surface area contributed by atoms with E-state index < -0.39 is 0 Å². The van der Waals surface area contributed by atoms with Crippen LogP contribution >= 0.6 is 0 Å². The Labute approximate surface area is 127 Å². The molecule has 21 heavy (non-hydrogen) atoms. The number of carbonyl (C=O) groups is 1. The zero-order valence-corrected chi connectivity index (χ0v) is 13.4. The lowest BCUT2D eigenvalue weighted by Crippen LogP contribution is -2.44. The molecular weight excluding hydrogens is 262 g/mol. The highest BCUT2D eigenvalue weighted by Gasteiger charge is 2.22. The van der Waals surface area contributed by atoms with Gasteiger partial charge in [-0.1, -0.05) is 17.7 Å². The van der Waals surface area contributed by atoms with Gasteiger partial charge in [0.15, 0.2) is 0 Å². The van der Waals surface area contributed by atoms with E-state index in [1.807, 2.05) is 36.1 Å². The Bertz CT molecular complexity index is 450. The Morgan fingerprint density at radius 2 is 1.90 bits per heavy atom. The molecule has 1 saturated heterocycles. The molecule has 0 atom stereocenters. The molecule has 1 aliphatic rings. The Morgan fingerprint density at radius 1 is 1.29 bits per heavy atom. The van der Waals surface area contributed by atoms with Crippen molar-refractivity contribution in [3.63, 3.8) is 0 Å². The third-order valence-electron chi connectivity index (χ3n) is 4.10. The molecule has 2 N–H and O–H groups in total. The quantitative estimate of drug-likeness (QED) is 0.893. The maximum absolute atomic E-state index is 12.5.